The Morgan fingerprint density at radius 1 is 0.733 bits per heavy atom. The van der Waals surface area contributed by atoms with E-state index in [1.807, 2.05) is 6.08 Å². The molecule has 2 N–H and O–H groups in total. The van der Waals surface area contributed by atoms with Crippen LogP contribution in [0, 0.1) is 0 Å². The summed E-state index contributed by atoms with van der Waals surface area (Å²) in [6, 6.07) is 29.6. The van der Waals surface area contributed by atoms with Crippen molar-refractivity contribution in [3.63, 3.8) is 0 Å². The van der Waals surface area contributed by atoms with Crippen molar-refractivity contribution in [2.75, 3.05) is 10.6 Å². The maximum Gasteiger partial charge on any atom is 0.0776 e. The van der Waals surface area contributed by atoms with Crippen molar-refractivity contribution in [1.82, 2.24) is 0 Å². The third kappa shape index (κ3) is 3.37. The molecule has 1 aliphatic rings. The molecule has 4 aromatic rings. The number of fused-ring (bicyclic) bond motifs is 2. The van der Waals surface area contributed by atoms with Crippen LogP contribution in [0.2, 0.25) is 0 Å². The van der Waals surface area contributed by atoms with E-state index in [9.17, 15) is 0 Å². The average Bonchev–Trinajstić information content (AvgIpc) is 2.81. The van der Waals surface area contributed by atoms with Crippen LogP contribution in [0.15, 0.2) is 122 Å². The summed E-state index contributed by atoms with van der Waals surface area (Å²) in [5.41, 5.74) is 3.03. The molecular formula is C28H24N2. The lowest BCUT2D eigenvalue weighted by atomic mass is 9.89. The van der Waals surface area contributed by atoms with E-state index in [1.165, 1.54) is 21.5 Å². The fourth-order valence-electron chi connectivity index (χ4n) is 4.12. The van der Waals surface area contributed by atoms with Crippen LogP contribution in [-0.4, -0.2) is 5.54 Å². The molecule has 5 rings (SSSR count). The number of benzene rings is 4. The lowest BCUT2D eigenvalue weighted by molar-refractivity contribution is 0.713. The first kappa shape index (κ1) is 18.3. The van der Waals surface area contributed by atoms with Crippen LogP contribution in [0.4, 0.5) is 11.4 Å². The van der Waals surface area contributed by atoms with Gasteiger partial charge < -0.3 is 10.6 Å². The summed E-state index contributed by atoms with van der Waals surface area (Å²) in [5.74, 6) is 0. The SMILES string of the molecule is C=CC1(Nc2cccc3ccccc23)C=CC(Nc2cccc3ccccc23)=CC1. The fourth-order valence-corrected chi connectivity index (χ4v) is 4.12. The molecular weight excluding hydrogens is 364 g/mol. The molecule has 1 unspecified atom stereocenters. The Balaban J connectivity index is 1.40. The molecule has 1 atom stereocenters. The van der Waals surface area contributed by atoms with E-state index >= 15 is 0 Å². The summed E-state index contributed by atoms with van der Waals surface area (Å²) >= 11 is 0. The summed E-state index contributed by atoms with van der Waals surface area (Å²) in [7, 11) is 0. The van der Waals surface area contributed by atoms with Crippen LogP contribution in [-0.2, 0) is 0 Å². The summed E-state index contributed by atoms with van der Waals surface area (Å²) in [6.07, 6.45) is 9.40. The third-order valence-electron chi connectivity index (χ3n) is 5.81. The van der Waals surface area contributed by atoms with Crippen LogP contribution in [0.1, 0.15) is 6.42 Å². The zero-order valence-corrected chi connectivity index (χ0v) is 16.8. The maximum absolute atomic E-state index is 4.12. The second kappa shape index (κ2) is 7.57. The number of anilines is 2. The highest BCUT2D eigenvalue weighted by Gasteiger charge is 2.25. The highest BCUT2D eigenvalue weighted by atomic mass is 15.0. The third-order valence-corrected chi connectivity index (χ3v) is 5.81. The van der Waals surface area contributed by atoms with Crippen LogP contribution in [0.25, 0.3) is 21.5 Å². The van der Waals surface area contributed by atoms with Crippen molar-refractivity contribution < 1.29 is 0 Å². The standard InChI is InChI=1S/C28H24N2/c1-2-28(30-27-16-8-12-22-10-4-6-14-25(22)27)19-17-23(18-20-28)29-26-15-7-11-21-9-3-5-13-24(21)26/h2-19,29-30H,1,20H2. The van der Waals surface area contributed by atoms with E-state index in [1.54, 1.807) is 0 Å². The van der Waals surface area contributed by atoms with Crippen molar-refractivity contribution in [1.29, 1.82) is 0 Å². The molecule has 30 heavy (non-hydrogen) atoms. The molecule has 0 spiro atoms. The van der Waals surface area contributed by atoms with E-state index < -0.39 is 0 Å². The molecule has 1 aliphatic carbocycles. The van der Waals surface area contributed by atoms with E-state index in [2.05, 4.69) is 120 Å². The Labute approximate surface area is 177 Å². The largest absolute Gasteiger partial charge is 0.372 e. The van der Waals surface area contributed by atoms with Crippen LogP contribution in [0.5, 0.6) is 0 Å². The lowest BCUT2D eigenvalue weighted by Gasteiger charge is -2.32. The van der Waals surface area contributed by atoms with Gasteiger partial charge in [0.05, 0.1) is 5.54 Å². The Kier molecular flexibility index (Phi) is 4.61. The molecule has 0 heterocycles. The van der Waals surface area contributed by atoms with Crippen molar-refractivity contribution in [3.05, 3.63) is 122 Å². The van der Waals surface area contributed by atoms with Gasteiger partial charge in [-0.2, -0.15) is 0 Å². The van der Waals surface area contributed by atoms with Crippen molar-refractivity contribution in [2.24, 2.45) is 0 Å². The zero-order chi connectivity index (χ0) is 20.4. The van der Waals surface area contributed by atoms with Crippen molar-refractivity contribution >= 4 is 32.9 Å². The molecule has 2 heteroatoms. The maximum atomic E-state index is 4.12. The second-order valence-corrected chi connectivity index (χ2v) is 7.74. The number of hydrogen-bond donors (Lipinski definition) is 2. The van der Waals surface area contributed by atoms with E-state index in [-0.39, 0.29) is 5.54 Å². The summed E-state index contributed by atoms with van der Waals surface area (Å²) in [6.45, 7) is 4.12. The highest BCUT2D eigenvalue weighted by molar-refractivity contribution is 5.95. The number of hydrogen-bond acceptors (Lipinski definition) is 2. The van der Waals surface area contributed by atoms with Gasteiger partial charge in [-0.05, 0) is 35.4 Å². The van der Waals surface area contributed by atoms with Gasteiger partial charge in [-0.3, -0.25) is 0 Å². The van der Waals surface area contributed by atoms with Crippen LogP contribution in [0.3, 0.4) is 0 Å². The molecule has 2 nitrogen and oxygen atoms in total. The van der Waals surface area contributed by atoms with Gasteiger partial charge in [0.15, 0.2) is 0 Å². The molecule has 0 radical (unpaired) electrons. The van der Waals surface area contributed by atoms with E-state index in [4.69, 9.17) is 0 Å². The minimum atomic E-state index is -0.311. The predicted molar refractivity (Wildman–Crippen MR) is 130 cm³/mol. The normalized spacial score (nSPS) is 18.2. The summed E-state index contributed by atoms with van der Waals surface area (Å²) in [4.78, 5) is 0. The highest BCUT2D eigenvalue weighted by Crippen LogP contribution is 2.32. The molecule has 4 aromatic carbocycles. The van der Waals surface area contributed by atoms with Gasteiger partial charge in [0.25, 0.3) is 0 Å². The Hall–Kier alpha value is -3.78. The minimum absolute atomic E-state index is 0.311. The topological polar surface area (TPSA) is 24.1 Å². The van der Waals surface area contributed by atoms with Gasteiger partial charge in [-0.1, -0.05) is 91.0 Å². The Morgan fingerprint density at radius 2 is 1.33 bits per heavy atom. The fraction of sp³-hybridized carbons (Fsp3) is 0.0714. The van der Waals surface area contributed by atoms with Gasteiger partial charge in [0.2, 0.25) is 0 Å². The first-order valence-corrected chi connectivity index (χ1v) is 10.3. The molecule has 0 amide bonds. The predicted octanol–water partition coefficient (Wildman–Crippen LogP) is 7.29. The van der Waals surface area contributed by atoms with Crippen LogP contribution >= 0.6 is 0 Å². The number of allylic oxidation sites excluding steroid dienone is 1. The number of nitrogens with one attached hydrogen (secondary N) is 2. The minimum Gasteiger partial charge on any atom is -0.372 e. The van der Waals surface area contributed by atoms with Gasteiger partial charge in [0.1, 0.15) is 0 Å². The molecule has 0 aliphatic heterocycles. The monoisotopic (exact) mass is 388 g/mol. The second-order valence-electron chi connectivity index (χ2n) is 7.74. The average molecular weight is 389 g/mol. The molecule has 146 valence electrons. The van der Waals surface area contributed by atoms with E-state index in [0.29, 0.717) is 0 Å². The Bertz CT molecular complexity index is 1290. The van der Waals surface area contributed by atoms with Gasteiger partial charge in [-0.15, -0.1) is 6.58 Å². The molecule has 0 fully saturated rings. The van der Waals surface area contributed by atoms with Crippen molar-refractivity contribution in [3.8, 4) is 0 Å². The Morgan fingerprint density at radius 3 is 1.97 bits per heavy atom. The summed E-state index contributed by atoms with van der Waals surface area (Å²) in [5, 5.41) is 12.2. The first-order chi connectivity index (χ1) is 14.8. The van der Waals surface area contributed by atoms with Gasteiger partial charge in [0, 0.05) is 27.8 Å². The molecule has 0 aromatic heterocycles. The van der Waals surface area contributed by atoms with Gasteiger partial charge >= 0.3 is 0 Å². The lowest BCUT2D eigenvalue weighted by Crippen LogP contribution is -2.34. The van der Waals surface area contributed by atoms with Crippen LogP contribution < -0.4 is 10.6 Å². The molecule has 0 bridgehead atoms. The quantitative estimate of drug-likeness (QED) is 0.351. The zero-order valence-electron chi connectivity index (χ0n) is 16.8. The van der Waals surface area contributed by atoms with Crippen molar-refractivity contribution in [2.45, 2.75) is 12.0 Å². The summed E-state index contributed by atoms with van der Waals surface area (Å²) < 4.78 is 0. The molecule has 0 saturated heterocycles. The first-order valence-electron chi connectivity index (χ1n) is 10.3. The number of rotatable bonds is 5. The smallest absolute Gasteiger partial charge is 0.0776 e. The van der Waals surface area contributed by atoms with E-state index in [0.717, 1.165) is 23.5 Å². The van der Waals surface area contributed by atoms with Gasteiger partial charge in [-0.25, -0.2) is 0 Å². The molecule has 0 saturated carbocycles.